The first-order valence-electron chi connectivity index (χ1n) is 9.46. The van der Waals surface area contributed by atoms with E-state index in [2.05, 4.69) is 10.0 Å². The van der Waals surface area contributed by atoms with Crippen molar-refractivity contribution in [2.24, 2.45) is 0 Å². The number of benzene rings is 3. The second-order valence-electron chi connectivity index (χ2n) is 6.87. The molecular formula is C23H24N2O4S. The molecule has 1 atom stereocenters. The van der Waals surface area contributed by atoms with Gasteiger partial charge in [0, 0.05) is 0 Å². The van der Waals surface area contributed by atoms with Crippen molar-refractivity contribution in [3.05, 3.63) is 90.0 Å². The first kappa shape index (κ1) is 21.5. The fourth-order valence-electron chi connectivity index (χ4n) is 2.98. The monoisotopic (exact) mass is 424 g/mol. The lowest BCUT2D eigenvalue weighted by Gasteiger charge is -2.19. The molecule has 0 heterocycles. The van der Waals surface area contributed by atoms with Crippen molar-refractivity contribution in [3.63, 3.8) is 0 Å². The molecule has 0 bridgehead atoms. The first-order chi connectivity index (χ1) is 14.4. The number of anilines is 1. The SMILES string of the molecule is COc1ccccc1NC(=O)C(Cc1ccccc1)NS(=O)(=O)c1ccc(C)cc1. The third kappa shape index (κ3) is 5.46. The fraction of sp³-hybridized carbons (Fsp3) is 0.174. The summed E-state index contributed by atoms with van der Waals surface area (Å²) in [5, 5.41) is 2.77. The molecule has 0 aliphatic rings. The summed E-state index contributed by atoms with van der Waals surface area (Å²) in [6.45, 7) is 1.88. The van der Waals surface area contributed by atoms with Gasteiger partial charge in [-0.05, 0) is 43.2 Å². The summed E-state index contributed by atoms with van der Waals surface area (Å²) < 4.78 is 33.6. The van der Waals surface area contributed by atoms with E-state index in [-0.39, 0.29) is 11.3 Å². The van der Waals surface area contributed by atoms with Crippen LogP contribution in [-0.2, 0) is 21.2 Å². The highest BCUT2D eigenvalue weighted by molar-refractivity contribution is 7.89. The number of aryl methyl sites for hydroxylation is 1. The van der Waals surface area contributed by atoms with Gasteiger partial charge in [0.1, 0.15) is 11.8 Å². The van der Waals surface area contributed by atoms with Gasteiger partial charge in [-0.25, -0.2) is 8.42 Å². The van der Waals surface area contributed by atoms with Crippen molar-refractivity contribution < 1.29 is 17.9 Å². The number of hydrogen-bond donors (Lipinski definition) is 2. The zero-order chi connectivity index (χ0) is 21.6. The molecular weight excluding hydrogens is 400 g/mol. The standard InChI is InChI=1S/C23H24N2O4S/c1-17-12-14-19(15-13-17)30(27,28)25-21(16-18-8-4-3-5-9-18)23(26)24-20-10-6-7-11-22(20)29-2/h3-15,21,25H,16H2,1-2H3,(H,24,26). The van der Waals surface area contributed by atoms with Crippen LogP contribution >= 0.6 is 0 Å². The normalized spacial score (nSPS) is 12.2. The lowest BCUT2D eigenvalue weighted by Crippen LogP contribution is -2.45. The van der Waals surface area contributed by atoms with E-state index in [1.165, 1.54) is 19.2 Å². The summed E-state index contributed by atoms with van der Waals surface area (Å²) in [6.07, 6.45) is 0.201. The van der Waals surface area contributed by atoms with E-state index >= 15 is 0 Å². The molecule has 0 aromatic heterocycles. The molecule has 1 unspecified atom stereocenters. The number of sulfonamides is 1. The summed E-state index contributed by atoms with van der Waals surface area (Å²) in [5.74, 6) is 0.0183. The van der Waals surface area contributed by atoms with Crippen molar-refractivity contribution in [1.82, 2.24) is 4.72 Å². The third-order valence-electron chi connectivity index (χ3n) is 4.59. The summed E-state index contributed by atoms with van der Waals surface area (Å²) in [6, 6.07) is 21.7. The number of methoxy groups -OCH3 is 1. The van der Waals surface area contributed by atoms with E-state index in [4.69, 9.17) is 4.74 Å². The Morgan fingerprint density at radius 2 is 1.57 bits per heavy atom. The van der Waals surface area contributed by atoms with Crippen LogP contribution in [-0.4, -0.2) is 27.5 Å². The minimum absolute atomic E-state index is 0.108. The number of rotatable bonds is 8. The largest absolute Gasteiger partial charge is 0.495 e. The highest BCUT2D eigenvalue weighted by Gasteiger charge is 2.26. The Morgan fingerprint density at radius 3 is 2.23 bits per heavy atom. The Labute approximate surface area is 177 Å². The van der Waals surface area contributed by atoms with Crippen LogP contribution in [0.25, 0.3) is 0 Å². The molecule has 3 rings (SSSR count). The van der Waals surface area contributed by atoms with Crippen molar-refractivity contribution in [2.45, 2.75) is 24.3 Å². The van der Waals surface area contributed by atoms with Crippen LogP contribution in [0.4, 0.5) is 5.69 Å². The number of ether oxygens (including phenoxy) is 1. The summed E-state index contributed by atoms with van der Waals surface area (Å²) >= 11 is 0. The Kier molecular flexibility index (Phi) is 6.87. The topological polar surface area (TPSA) is 84.5 Å². The van der Waals surface area contributed by atoms with Crippen LogP contribution in [0.5, 0.6) is 5.75 Å². The van der Waals surface area contributed by atoms with Crippen LogP contribution in [0, 0.1) is 6.92 Å². The number of para-hydroxylation sites is 2. The molecule has 30 heavy (non-hydrogen) atoms. The maximum atomic E-state index is 13.1. The molecule has 7 heteroatoms. The van der Waals surface area contributed by atoms with Gasteiger partial charge in [-0.3, -0.25) is 4.79 Å². The first-order valence-corrected chi connectivity index (χ1v) is 10.9. The van der Waals surface area contributed by atoms with Crippen molar-refractivity contribution >= 4 is 21.6 Å². The predicted molar refractivity (Wildman–Crippen MR) is 117 cm³/mol. The Bertz CT molecular complexity index is 1100. The number of carbonyl (C=O) groups excluding carboxylic acids is 1. The van der Waals surface area contributed by atoms with E-state index in [0.29, 0.717) is 11.4 Å². The maximum absolute atomic E-state index is 13.1. The highest BCUT2D eigenvalue weighted by Crippen LogP contribution is 2.23. The third-order valence-corrected chi connectivity index (χ3v) is 6.08. The summed E-state index contributed by atoms with van der Waals surface area (Å²) in [4.78, 5) is 13.2. The summed E-state index contributed by atoms with van der Waals surface area (Å²) in [5.41, 5.74) is 2.26. The van der Waals surface area contributed by atoms with E-state index in [1.807, 2.05) is 37.3 Å². The molecule has 0 radical (unpaired) electrons. The number of carbonyl (C=O) groups is 1. The van der Waals surface area contributed by atoms with Crippen LogP contribution in [0.3, 0.4) is 0 Å². The van der Waals surface area contributed by atoms with Gasteiger partial charge in [0.15, 0.2) is 0 Å². The zero-order valence-corrected chi connectivity index (χ0v) is 17.6. The van der Waals surface area contributed by atoms with Gasteiger partial charge in [-0.2, -0.15) is 4.72 Å². The number of amides is 1. The van der Waals surface area contributed by atoms with Crippen molar-refractivity contribution in [1.29, 1.82) is 0 Å². The van der Waals surface area contributed by atoms with E-state index in [9.17, 15) is 13.2 Å². The van der Waals surface area contributed by atoms with E-state index in [1.54, 1.807) is 36.4 Å². The molecule has 0 saturated heterocycles. The van der Waals surface area contributed by atoms with Gasteiger partial charge in [0.25, 0.3) is 0 Å². The fourth-order valence-corrected chi connectivity index (χ4v) is 4.17. The molecule has 0 saturated carbocycles. The van der Waals surface area contributed by atoms with Crippen LogP contribution < -0.4 is 14.8 Å². The van der Waals surface area contributed by atoms with E-state index < -0.39 is 22.0 Å². The van der Waals surface area contributed by atoms with E-state index in [0.717, 1.165) is 11.1 Å². The summed E-state index contributed by atoms with van der Waals surface area (Å²) in [7, 11) is -2.38. The number of nitrogens with one attached hydrogen (secondary N) is 2. The average molecular weight is 425 g/mol. The van der Waals surface area contributed by atoms with Gasteiger partial charge < -0.3 is 10.1 Å². The molecule has 0 aliphatic heterocycles. The van der Waals surface area contributed by atoms with Crippen LogP contribution in [0.1, 0.15) is 11.1 Å². The van der Waals surface area contributed by atoms with Crippen molar-refractivity contribution in [3.8, 4) is 5.75 Å². The van der Waals surface area contributed by atoms with Crippen LogP contribution in [0.2, 0.25) is 0 Å². The molecule has 0 aliphatic carbocycles. The van der Waals surface area contributed by atoms with Crippen molar-refractivity contribution in [2.75, 3.05) is 12.4 Å². The second kappa shape index (κ2) is 9.56. The minimum Gasteiger partial charge on any atom is -0.495 e. The Hall–Kier alpha value is -3.16. The van der Waals surface area contributed by atoms with Crippen LogP contribution in [0.15, 0.2) is 83.8 Å². The Balaban J connectivity index is 1.88. The molecule has 3 aromatic carbocycles. The quantitative estimate of drug-likeness (QED) is 0.579. The minimum atomic E-state index is -3.89. The van der Waals surface area contributed by atoms with Gasteiger partial charge in [-0.15, -0.1) is 0 Å². The van der Waals surface area contributed by atoms with Gasteiger partial charge in [-0.1, -0.05) is 60.2 Å². The lowest BCUT2D eigenvalue weighted by molar-refractivity contribution is -0.117. The highest BCUT2D eigenvalue weighted by atomic mass is 32.2. The molecule has 3 aromatic rings. The molecule has 2 N–H and O–H groups in total. The average Bonchev–Trinajstić information content (AvgIpc) is 2.74. The molecule has 6 nitrogen and oxygen atoms in total. The van der Waals surface area contributed by atoms with Gasteiger partial charge >= 0.3 is 0 Å². The maximum Gasteiger partial charge on any atom is 0.243 e. The predicted octanol–water partition coefficient (Wildman–Crippen LogP) is 3.53. The second-order valence-corrected chi connectivity index (χ2v) is 8.58. The molecule has 156 valence electrons. The lowest BCUT2D eigenvalue weighted by atomic mass is 10.1. The molecule has 1 amide bonds. The Morgan fingerprint density at radius 1 is 0.933 bits per heavy atom. The smallest absolute Gasteiger partial charge is 0.243 e. The molecule has 0 fully saturated rings. The molecule has 0 spiro atoms. The van der Waals surface area contributed by atoms with Gasteiger partial charge in [0.2, 0.25) is 15.9 Å². The number of hydrogen-bond acceptors (Lipinski definition) is 4. The zero-order valence-electron chi connectivity index (χ0n) is 16.8. The van der Waals surface area contributed by atoms with Gasteiger partial charge in [0.05, 0.1) is 17.7 Å².